The van der Waals surface area contributed by atoms with E-state index in [0.717, 1.165) is 22.3 Å². The first-order chi connectivity index (χ1) is 13.0. The Morgan fingerprint density at radius 2 is 1.68 bits per heavy atom. The molecule has 0 atom stereocenters. The van der Waals surface area contributed by atoms with Gasteiger partial charge in [0.2, 0.25) is 0 Å². The predicted octanol–water partition coefficient (Wildman–Crippen LogP) is 4.52. The molecule has 2 rings (SSSR count). The van der Waals surface area contributed by atoms with Gasteiger partial charge < -0.3 is 20.3 Å². The van der Waals surface area contributed by atoms with Gasteiger partial charge in [0.1, 0.15) is 17.2 Å². The molecular weight excluding hydrogens is 358 g/mol. The van der Waals surface area contributed by atoms with Crippen molar-refractivity contribution in [2.24, 2.45) is 0 Å². The molecule has 3 N–H and O–H groups in total. The van der Waals surface area contributed by atoms with Crippen molar-refractivity contribution < 1.29 is 24.5 Å². The van der Waals surface area contributed by atoms with E-state index in [0.29, 0.717) is 29.2 Å². The number of carbonyl (C=O) groups is 2. The monoisotopic (exact) mass is 384 g/mol. The summed E-state index contributed by atoms with van der Waals surface area (Å²) in [6, 6.07) is 5.28. The summed E-state index contributed by atoms with van der Waals surface area (Å²) in [5, 5.41) is 21.2. The van der Waals surface area contributed by atoms with Gasteiger partial charge in [-0.3, -0.25) is 4.79 Å². The van der Waals surface area contributed by atoms with Crippen LogP contribution in [0.1, 0.15) is 57.9 Å². The van der Waals surface area contributed by atoms with Crippen LogP contribution in [0.3, 0.4) is 0 Å². The summed E-state index contributed by atoms with van der Waals surface area (Å²) >= 11 is 0. The van der Waals surface area contributed by atoms with Crippen LogP contribution >= 0.6 is 0 Å². The number of aliphatic carboxylic acids is 1. The van der Waals surface area contributed by atoms with Gasteiger partial charge in [0, 0.05) is 11.1 Å². The Bertz CT molecular complexity index is 931. The predicted molar refractivity (Wildman–Crippen MR) is 107 cm³/mol. The van der Waals surface area contributed by atoms with Crippen LogP contribution in [0.25, 0.3) is 0 Å². The van der Waals surface area contributed by atoms with Gasteiger partial charge in [-0.25, -0.2) is 4.79 Å². The average Bonchev–Trinajstić information content (AvgIpc) is 2.62. The molecule has 0 bridgehead atoms. The first kappa shape index (κ1) is 21.3. The number of amides is 1. The van der Waals surface area contributed by atoms with Crippen molar-refractivity contribution in [2.45, 2.75) is 47.5 Å². The Kier molecular flexibility index (Phi) is 6.33. The van der Waals surface area contributed by atoms with Crippen molar-refractivity contribution in [2.75, 3.05) is 0 Å². The van der Waals surface area contributed by atoms with E-state index in [1.807, 2.05) is 40.7 Å². The first-order valence-corrected chi connectivity index (χ1v) is 9.02. The first-order valence-electron chi connectivity index (χ1n) is 9.02. The molecule has 0 aromatic heterocycles. The average molecular weight is 384 g/mol. The van der Waals surface area contributed by atoms with Crippen molar-refractivity contribution in [3.05, 3.63) is 58.1 Å². The number of ether oxygens (including phenoxy) is 1. The van der Waals surface area contributed by atoms with Crippen LogP contribution < -0.4 is 10.1 Å². The summed E-state index contributed by atoms with van der Waals surface area (Å²) in [5.74, 6) is -0.0447. The third-order valence-corrected chi connectivity index (χ3v) is 4.74. The number of carboxylic acids is 1. The number of phenols is 1. The molecule has 1 amide bonds. The fourth-order valence-electron chi connectivity index (χ4n) is 3.05. The van der Waals surface area contributed by atoms with Gasteiger partial charge in [0.25, 0.3) is 5.91 Å². The molecule has 0 saturated heterocycles. The van der Waals surface area contributed by atoms with Crippen LogP contribution in [0, 0.1) is 34.2 Å². The van der Waals surface area contributed by atoms with Gasteiger partial charge in [0.05, 0.1) is 0 Å². The maximum absolute atomic E-state index is 12.3. The van der Waals surface area contributed by atoms with Gasteiger partial charge in [-0.15, -0.1) is 0 Å². The van der Waals surface area contributed by atoms with E-state index < -0.39 is 11.9 Å². The highest BCUT2D eigenvalue weighted by atomic mass is 16.5. The summed E-state index contributed by atoms with van der Waals surface area (Å²) in [6.07, 6.45) is 0. The van der Waals surface area contributed by atoms with E-state index in [-0.39, 0.29) is 11.7 Å². The molecule has 0 aliphatic carbocycles. The zero-order chi connectivity index (χ0) is 21.2. The topological polar surface area (TPSA) is 95.9 Å². The van der Waals surface area contributed by atoms with E-state index >= 15 is 0 Å². The van der Waals surface area contributed by atoms with E-state index in [2.05, 4.69) is 5.32 Å². The number of aryl methyl sites for hydroxylation is 2. The molecule has 6 heteroatoms. The zero-order valence-electron chi connectivity index (χ0n) is 17.0. The summed E-state index contributed by atoms with van der Waals surface area (Å²) < 4.78 is 6.14. The number of hydrogen-bond acceptors (Lipinski definition) is 4. The van der Waals surface area contributed by atoms with Crippen LogP contribution in [-0.2, 0) is 4.79 Å². The van der Waals surface area contributed by atoms with E-state index in [4.69, 9.17) is 9.84 Å². The summed E-state index contributed by atoms with van der Waals surface area (Å²) in [5.41, 5.74) is 4.18. The van der Waals surface area contributed by atoms with Gasteiger partial charge in [0.15, 0.2) is 6.54 Å². The number of nitrogens with one attached hydrogen (secondary N) is 1. The number of rotatable bonds is 6. The highest BCUT2D eigenvalue weighted by molar-refractivity contribution is 5.99. The minimum Gasteiger partial charge on any atom is -0.507 e. The van der Waals surface area contributed by atoms with E-state index in [9.17, 15) is 14.7 Å². The van der Waals surface area contributed by atoms with Gasteiger partial charge in [-0.05, 0) is 74.1 Å². The van der Waals surface area contributed by atoms with Crippen LogP contribution in [0.4, 0.5) is 0 Å². The summed E-state index contributed by atoms with van der Waals surface area (Å²) in [6.45, 7) is 12.0. The smallest absolute Gasteiger partial charge is 0.329 e. The van der Waals surface area contributed by atoms with E-state index in [1.165, 1.54) is 0 Å². The molecule has 6 nitrogen and oxygen atoms in total. The molecule has 0 heterocycles. The number of carbonyl (C=O) groups excluding carboxylic acids is 1. The second-order valence-corrected chi connectivity index (χ2v) is 7.21. The molecule has 2 aromatic rings. The molecule has 0 saturated carbocycles. The molecule has 0 unspecified atom stereocenters. The minimum atomic E-state index is -1.22. The third kappa shape index (κ3) is 4.44. The second kappa shape index (κ2) is 8.33. The third-order valence-electron chi connectivity index (χ3n) is 4.74. The van der Waals surface area contributed by atoms with Crippen molar-refractivity contribution in [3.8, 4) is 17.2 Å². The van der Waals surface area contributed by atoms with Crippen molar-refractivity contribution >= 4 is 11.9 Å². The van der Waals surface area contributed by atoms with Crippen molar-refractivity contribution in [3.63, 3.8) is 0 Å². The Morgan fingerprint density at radius 1 is 1.04 bits per heavy atom. The number of benzene rings is 2. The fraction of sp³-hybridized carbons (Fsp3) is 0.318. The Hall–Kier alpha value is -3.02. The SMILES string of the molecule is Cc1cc(Oc2c(C)cc(C(=O)N[CH]C(=O)O)c(C)c2C)cc(C(C)C)c1O. The van der Waals surface area contributed by atoms with Gasteiger partial charge in [-0.2, -0.15) is 0 Å². The molecule has 0 aliphatic heterocycles. The standard InChI is InChI=1S/C22H26NO5/c1-11(2)17-9-16(7-12(3)20(17)26)28-21-13(4)8-18(14(5)15(21)6)22(27)23-10-19(24)25/h7-11,26H,1-6H3,(H,23,27)(H,24,25). The van der Waals surface area contributed by atoms with Gasteiger partial charge in [-0.1, -0.05) is 13.8 Å². The Labute approximate surface area is 165 Å². The molecule has 0 fully saturated rings. The lowest BCUT2D eigenvalue weighted by Crippen LogP contribution is -2.25. The van der Waals surface area contributed by atoms with Crippen LogP contribution in [0.5, 0.6) is 17.2 Å². The molecule has 2 aromatic carbocycles. The summed E-state index contributed by atoms with van der Waals surface area (Å²) in [4.78, 5) is 22.9. The lowest BCUT2D eigenvalue weighted by Gasteiger charge is -2.19. The maximum atomic E-state index is 12.3. The Morgan fingerprint density at radius 3 is 2.25 bits per heavy atom. The fourth-order valence-corrected chi connectivity index (χ4v) is 3.05. The molecule has 0 aliphatic rings. The number of carboxylic acid groups (broad SMARTS) is 1. The normalized spacial score (nSPS) is 10.8. The quantitative estimate of drug-likeness (QED) is 0.681. The lowest BCUT2D eigenvalue weighted by molar-refractivity contribution is -0.133. The molecule has 28 heavy (non-hydrogen) atoms. The highest BCUT2D eigenvalue weighted by Crippen LogP contribution is 2.37. The number of aromatic hydroxyl groups is 1. The highest BCUT2D eigenvalue weighted by Gasteiger charge is 2.19. The molecule has 1 radical (unpaired) electrons. The minimum absolute atomic E-state index is 0.141. The lowest BCUT2D eigenvalue weighted by atomic mass is 9.97. The van der Waals surface area contributed by atoms with Crippen LogP contribution in [0.15, 0.2) is 18.2 Å². The maximum Gasteiger partial charge on any atom is 0.329 e. The van der Waals surface area contributed by atoms with Crippen molar-refractivity contribution in [1.29, 1.82) is 0 Å². The molecule has 149 valence electrons. The van der Waals surface area contributed by atoms with E-state index in [1.54, 1.807) is 19.1 Å². The van der Waals surface area contributed by atoms with Crippen LogP contribution in [-0.4, -0.2) is 22.1 Å². The van der Waals surface area contributed by atoms with Crippen molar-refractivity contribution in [1.82, 2.24) is 5.32 Å². The largest absolute Gasteiger partial charge is 0.507 e. The van der Waals surface area contributed by atoms with Gasteiger partial charge >= 0.3 is 5.97 Å². The Balaban J connectivity index is 2.42. The van der Waals surface area contributed by atoms with Crippen LogP contribution in [0.2, 0.25) is 0 Å². The molecular formula is C22H26NO5. The second-order valence-electron chi connectivity index (χ2n) is 7.21. The number of phenolic OH excluding ortho intramolecular Hbond substituents is 1. The molecule has 0 spiro atoms. The summed E-state index contributed by atoms with van der Waals surface area (Å²) in [7, 11) is 0. The number of hydrogen-bond donors (Lipinski definition) is 3. The zero-order valence-corrected chi connectivity index (χ0v) is 17.0.